The molecule has 1 aromatic carbocycles. The highest BCUT2D eigenvalue weighted by molar-refractivity contribution is 7.93. The first kappa shape index (κ1) is 14.7. The standard InChI is InChI=1S/C12H13ClN4O2S2/c13-11-4-3-10(5-8(11)6-14-9-1-2-9)21(18,19)17-12-16-15-7-20-12/h3-5,7,9,14H,1-2,6H2,(H,16,17). The molecule has 0 radical (unpaired) electrons. The number of nitrogens with zero attached hydrogens (tertiary/aromatic N) is 2. The molecule has 21 heavy (non-hydrogen) atoms. The smallest absolute Gasteiger partial charge is 0.263 e. The fraction of sp³-hybridized carbons (Fsp3) is 0.333. The number of nitrogens with one attached hydrogen (secondary N) is 2. The van der Waals surface area contributed by atoms with E-state index in [2.05, 4.69) is 20.2 Å². The van der Waals surface area contributed by atoms with Crippen molar-refractivity contribution in [2.75, 3.05) is 4.72 Å². The number of hydrogen-bond acceptors (Lipinski definition) is 6. The lowest BCUT2D eigenvalue weighted by Crippen LogP contribution is -2.17. The highest BCUT2D eigenvalue weighted by atomic mass is 35.5. The van der Waals surface area contributed by atoms with Gasteiger partial charge in [0, 0.05) is 17.6 Å². The number of sulfonamides is 1. The van der Waals surface area contributed by atoms with E-state index in [4.69, 9.17) is 11.6 Å². The molecule has 0 amide bonds. The number of rotatable bonds is 6. The molecule has 1 fully saturated rings. The lowest BCUT2D eigenvalue weighted by atomic mass is 10.2. The third-order valence-corrected chi connectivity index (χ3v) is 5.51. The maximum absolute atomic E-state index is 12.3. The second-order valence-corrected chi connectivity index (χ2v) is 7.68. The molecule has 0 unspecified atom stereocenters. The summed E-state index contributed by atoms with van der Waals surface area (Å²) < 4.78 is 26.9. The molecule has 0 atom stereocenters. The van der Waals surface area contributed by atoms with Crippen molar-refractivity contribution in [2.45, 2.75) is 30.3 Å². The molecule has 6 nitrogen and oxygen atoms in total. The van der Waals surface area contributed by atoms with Crippen LogP contribution in [-0.2, 0) is 16.6 Å². The van der Waals surface area contributed by atoms with Crippen LogP contribution < -0.4 is 10.0 Å². The molecule has 9 heteroatoms. The van der Waals surface area contributed by atoms with Crippen LogP contribution in [0.1, 0.15) is 18.4 Å². The summed E-state index contributed by atoms with van der Waals surface area (Å²) in [5.41, 5.74) is 2.23. The van der Waals surface area contributed by atoms with E-state index in [1.54, 1.807) is 12.1 Å². The summed E-state index contributed by atoms with van der Waals surface area (Å²) in [7, 11) is -3.67. The first-order valence-corrected chi connectivity index (χ1v) is 9.09. The van der Waals surface area contributed by atoms with E-state index < -0.39 is 10.0 Å². The Morgan fingerprint density at radius 1 is 1.38 bits per heavy atom. The van der Waals surface area contributed by atoms with Gasteiger partial charge in [0.15, 0.2) is 0 Å². The van der Waals surface area contributed by atoms with E-state index in [0.29, 0.717) is 17.6 Å². The monoisotopic (exact) mass is 344 g/mol. The second-order valence-electron chi connectivity index (χ2n) is 4.76. The summed E-state index contributed by atoms with van der Waals surface area (Å²) in [5, 5.41) is 11.4. The summed E-state index contributed by atoms with van der Waals surface area (Å²) in [6.45, 7) is 0.561. The maximum Gasteiger partial charge on any atom is 0.263 e. The van der Waals surface area contributed by atoms with Gasteiger partial charge in [0.05, 0.1) is 4.90 Å². The van der Waals surface area contributed by atoms with E-state index in [9.17, 15) is 8.42 Å². The molecule has 112 valence electrons. The van der Waals surface area contributed by atoms with Crippen LogP contribution in [-0.4, -0.2) is 24.7 Å². The fourth-order valence-corrected chi connectivity index (χ4v) is 3.71. The van der Waals surface area contributed by atoms with Crippen molar-refractivity contribution in [1.29, 1.82) is 0 Å². The highest BCUT2D eigenvalue weighted by Gasteiger charge is 2.21. The summed E-state index contributed by atoms with van der Waals surface area (Å²) >= 11 is 7.24. The van der Waals surface area contributed by atoms with Crippen molar-refractivity contribution in [3.05, 3.63) is 34.3 Å². The third-order valence-electron chi connectivity index (χ3n) is 3.07. The predicted molar refractivity (Wildman–Crippen MR) is 82.0 cm³/mol. The van der Waals surface area contributed by atoms with Crippen LogP contribution in [0.4, 0.5) is 5.13 Å². The Labute approximate surface area is 131 Å². The van der Waals surface area contributed by atoms with Crippen molar-refractivity contribution in [2.24, 2.45) is 0 Å². The summed E-state index contributed by atoms with van der Waals surface area (Å²) in [4.78, 5) is 0.162. The van der Waals surface area contributed by atoms with Crippen LogP contribution in [0.5, 0.6) is 0 Å². The number of aromatic nitrogens is 2. The molecule has 0 aliphatic heterocycles. The zero-order valence-electron chi connectivity index (χ0n) is 10.9. The van der Waals surface area contributed by atoms with E-state index >= 15 is 0 Å². The lowest BCUT2D eigenvalue weighted by molar-refractivity contribution is 0.600. The molecule has 0 spiro atoms. The second kappa shape index (κ2) is 5.88. The third kappa shape index (κ3) is 3.70. The summed E-state index contributed by atoms with van der Waals surface area (Å²) in [6, 6.07) is 5.19. The molecule has 1 aromatic heterocycles. The first-order valence-electron chi connectivity index (χ1n) is 6.35. The molecule has 2 aromatic rings. The average molecular weight is 345 g/mol. The van der Waals surface area contributed by atoms with Crippen LogP contribution in [0.3, 0.4) is 0 Å². The van der Waals surface area contributed by atoms with Crippen molar-refractivity contribution < 1.29 is 8.42 Å². The van der Waals surface area contributed by atoms with Gasteiger partial charge in [0.2, 0.25) is 5.13 Å². The Kier molecular flexibility index (Phi) is 4.12. The Morgan fingerprint density at radius 3 is 2.86 bits per heavy atom. The largest absolute Gasteiger partial charge is 0.310 e. The zero-order valence-corrected chi connectivity index (χ0v) is 13.3. The van der Waals surface area contributed by atoms with E-state index in [1.807, 2.05) is 0 Å². The molecule has 1 aliphatic rings. The van der Waals surface area contributed by atoms with Gasteiger partial charge in [0.1, 0.15) is 5.51 Å². The van der Waals surface area contributed by atoms with Gasteiger partial charge in [-0.3, -0.25) is 4.72 Å². The van der Waals surface area contributed by atoms with Crippen molar-refractivity contribution in [3.63, 3.8) is 0 Å². The van der Waals surface area contributed by atoms with E-state index in [-0.39, 0.29) is 10.0 Å². The first-order chi connectivity index (χ1) is 10.0. The number of anilines is 1. The minimum absolute atomic E-state index is 0.162. The Balaban J connectivity index is 1.81. The van der Waals surface area contributed by atoms with Gasteiger partial charge >= 0.3 is 0 Å². The lowest BCUT2D eigenvalue weighted by Gasteiger charge is -2.09. The molecule has 0 bridgehead atoms. The minimum Gasteiger partial charge on any atom is -0.310 e. The number of benzene rings is 1. The van der Waals surface area contributed by atoms with Gasteiger partial charge in [-0.15, -0.1) is 10.2 Å². The van der Waals surface area contributed by atoms with Crippen LogP contribution >= 0.6 is 22.9 Å². The van der Waals surface area contributed by atoms with Crippen LogP contribution in [0.15, 0.2) is 28.6 Å². The molecule has 1 heterocycles. The fourth-order valence-electron chi connectivity index (χ4n) is 1.79. The Hall–Kier alpha value is -1.22. The quantitative estimate of drug-likeness (QED) is 0.839. The van der Waals surface area contributed by atoms with Crippen molar-refractivity contribution in [1.82, 2.24) is 15.5 Å². The zero-order chi connectivity index (χ0) is 14.9. The van der Waals surface area contributed by atoms with Crippen LogP contribution in [0, 0.1) is 0 Å². The van der Waals surface area contributed by atoms with E-state index in [0.717, 1.165) is 29.7 Å². The van der Waals surface area contributed by atoms with Crippen molar-refractivity contribution >= 4 is 38.1 Å². The average Bonchev–Trinajstić information content (AvgIpc) is 3.14. The Bertz CT molecular complexity index is 730. The maximum atomic E-state index is 12.3. The van der Waals surface area contributed by atoms with Gasteiger partial charge < -0.3 is 5.32 Å². The Morgan fingerprint density at radius 2 is 2.19 bits per heavy atom. The highest BCUT2D eigenvalue weighted by Crippen LogP contribution is 2.25. The summed E-state index contributed by atoms with van der Waals surface area (Å²) in [5.74, 6) is 0. The van der Waals surface area contributed by atoms with Gasteiger partial charge in [-0.25, -0.2) is 8.42 Å². The number of halogens is 1. The molecule has 1 aliphatic carbocycles. The molecule has 2 N–H and O–H groups in total. The van der Waals surface area contributed by atoms with Gasteiger partial charge in [-0.2, -0.15) is 0 Å². The SMILES string of the molecule is O=S(=O)(Nc1nncs1)c1ccc(Cl)c(CNC2CC2)c1. The van der Waals surface area contributed by atoms with Crippen LogP contribution in [0.25, 0.3) is 0 Å². The number of hydrogen-bond donors (Lipinski definition) is 2. The normalized spacial score (nSPS) is 15.1. The topological polar surface area (TPSA) is 84.0 Å². The predicted octanol–water partition coefficient (Wildman–Crippen LogP) is 2.24. The van der Waals surface area contributed by atoms with E-state index in [1.165, 1.54) is 11.6 Å². The molecular formula is C12H13ClN4O2S2. The van der Waals surface area contributed by atoms with Crippen LogP contribution in [0.2, 0.25) is 5.02 Å². The molecule has 1 saturated carbocycles. The summed E-state index contributed by atoms with van der Waals surface area (Å²) in [6.07, 6.45) is 2.32. The van der Waals surface area contributed by atoms with Gasteiger partial charge in [-0.05, 0) is 36.6 Å². The van der Waals surface area contributed by atoms with Gasteiger partial charge in [0.25, 0.3) is 10.0 Å². The minimum atomic E-state index is -3.67. The van der Waals surface area contributed by atoms with Gasteiger partial charge in [-0.1, -0.05) is 22.9 Å². The molecular weight excluding hydrogens is 332 g/mol. The molecule has 0 saturated heterocycles. The molecule has 3 rings (SSSR count). The van der Waals surface area contributed by atoms with Crippen molar-refractivity contribution in [3.8, 4) is 0 Å².